The quantitative estimate of drug-likeness (QED) is 0.495. The van der Waals surface area contributed by atoms with Crippen LogP contribution in [-0.2, 0) is 10.3 Å². The van der Waals surface area contributed by atoms with Crippen LogP contribution in [0.2, 0.25) is 0 Å². The zero-order chi connectivity index (χ0) is 16.1. The molecule has 2 saturated heterocycles. The second-order valence-corrected chi connectivity index (χ2v) is 6.21. The molecule has 0 aliphatic carbocycles. The Labute approximate surface area is 129 Å². The molecule has 1 aromatic rings. The summed E-state index contributed by atoms with van der Waals surface area (Å²) < 4.78 is 60.7. The van der Waals surface area contributed by atoms with Crippen molar-refractivity contribution in [3.05, 3.63) is 29.3 Å². The Balaban J connectivity index is 2.11. The first-order chi connectivity index (χ1) is 10.3. The highest BCUT2D eigenvalue weighted by molar-refractivity contribution is 7.80. The monoisotopic (exact) mass is 334 g/mol. The molecule has 2 aliphatic heterocycles. The molecule has 2 aliphatic rings. The van der Waals surface area contributed by atoms with Crippen molar-refractivity contribution in [3.8, 4) is 0 Å². The van der Waals surface area contributed by atoms with E-state index < -0.39 is 35.4 Å². The van der Waals surface area contributed by atoms with Gasteiger partial charge in [-0.05, 0) is 18.6 Å². The van der Waals surface area contributed by atoms with E-state index >= 15 is 0 Å². The Morgan fingerprint density at radius 3 is 2.82 bits per heavy atom. The molecular formula is C14H14F4N2OS. The van der Waals surface area contributed by atoms with Gasteiger partial charge in [0, 0.05) is 17.2 Å². The molecule has 0 aromatic heterocycles. The molecule has 8 heteroatoms. The van der Waals surface area contributed by atoms with E-state index in [4.69, 9.17) is 22.7 Å². The highest BCUT2D eigenvalue weighted by Gasteiger charge is 2.57. The average molecular weight is 334 g/mol. The van der Waals surface area contributed by atoms with Gasteiger partial charge in [-0.1, -0.05) is 12.2 Å². The lowest BCUT2D eigenvalue weighted by Crippen LogP contribution is -2.63. The smallest absolute Gasteiger partial charge is 0.189 e. The summed E-state index contributed by atoms with van der Waals surface area (Å²) in [5.74, 6) is -2.78. The maximum absolute atomic E-state index is 14.5. The minimum absolute atomic E-state index is 0.0278. The number of benzene rings is 1. The number of halogens is 4. The number of nitrogen functional groups attached to an aromatic ring is 1. The molecule has 2 fully saturated rings. The fraction of sp³-hybridized carbons (Fsp3) is 0.500. The molecule has 0 saturated carbocycles. The van der Waals surface area contributed by atoms with Crippen molar-refractivity contribution in [3.63, 3.8) is 0 Å². The van der Waals surface area contributed by atoms with Crippen molar-refractivity contribution in [2.45, 2.75) is 17.6 Å². The first kappa shape index (κ1) is 15.5. The van der Waals surface area contributed by atoms with Crippen molar-refractivity contribution in [1.82, 2.24) is 5.32 Å². The topological polar surface area (TPSA) is 47.3 Å². The van der Waals surface area contributed by atoms with Crippen LogP contribution >= 0.6 is 12.2 Å². The highest BCUT2D eigenvalue weighted by Crippen LogP contribution is 2.46. The van der Waals surface area contributed by atoms with Gasteiger partial charge in [0.15, 0.2) is 17.3 Å². The lowest BCUT2D eigenvalue weighted by Gasteiger charge is -2.45. The standard InChI is InChI=1S/C14H14F4N2OS/c15-5-13(18)3-7-4-21-6-14(7,20-12(13)22)9-1-8(19)2-10(16)11(9)17/h1-2,7H,3-6,19H2,(H,20,22)/t7-,13-,14+/m1/s1. The Kier molecular flexibility index (Phi) is 3.56. The summed E-state index contributed by atoms with van der Waals surface area (Å²) in [5, 5.41) is 2.67. The Bertz CT molecular complexity index is 644. The van der Waals surface area contributed by atoms with E-state index in [2.05, 4.69) is 5.32 Å². The first-order valence-corrected chi connectivity index (χ1v) is 7.13. The van der Waals surface area contributed by atoms with Crippen LogP contribution in [0, 0.1) is 17.6 Å². The summed E-state index contributed by atoms with van der Waals surface area (Å²) in [6.45, 7) is -1.21. The van der Waals surface area contributed by atoms with E-state index in [1.807, 2.05) is 0 Å². The molecule has 3 rings (SSSR count). The fourth-order valence-electron chi connectivity index (χ4n) is 3.21. The van der Waals surface area contributed by atoms with Gasteiger partial charge in [0.1, 0.15) is 11.7 Å². The van der Waals surface area contributed by atoms with Gasteiger partial charge < -0.3 is 15.8 Å². The molecule has 0 unspecified atom stereocenters. The van der Waals surface area contributed by atoms with Crippen molar-refractivity contribution in [2.24, 2.45) is 5.92 Å². The van der Waals surface area contributed by atoms with E-state index in [1.54, 1.807) is 0 Å². The first-order valence-electron chi connectivity index (χ1n) is 6.72. The number of nitrogens with two attached hydrogens (primary N) is 1. The summed E-state index contributed by atoms with van der Waals surface area (Å²) in [7, 11) is 0. The molecule has 22 heavy (non-hydrogen) atoms. The van der Waals surface area contributed by atoms with Gasteiger partial charge in [0.05, 0.1) is 18.8 Å². The van der Waals surface area contributed by atoms with E-state index in [1.165, 1.54) is 6.07 Å². The predicted molar refractivity (Wildman–Crippen MR) is 76.9 cm³/mol. The van der Waals surface area contributed by atoms with Gasteiger partial charge in [-0.2, -0.15) is 0 Å². The number of anilines is 1. The summed E-state index contributed by atoms with van der Waals surface area (Å²) in [4.78, 5) is -0.362. The number of fused-ring (bicyclic) bond motifs is 1. The highest BCUT2D eigenvalue weighted by atomic mass is 32.1. The van der Waals surface area contributed by atoms with Crippen LogP contribution < -0.4 is 11.1 Å². The summed E-state index contributed by atoms with van der Waals surface area (Å²) in [6, 6.07) is 2.14. The predicted octanol–water partition coefficient (Wildman–Crippen LogP) is 2.39. The Hall–Kier alpha value is -1.41. The van der Waals surface area contributed by atoms with Gasteiger partial charge in [0.2, 0.25) is 0 Å². The van der Waals surface area contributed by atoms with Crippen LogP contribution in [0.4, 0.5) is 23.2 Å². The third-order valence-corrected chi connectivity index (χ3v) is 4.87. The molecule has 0 spiro atoms. The largest absolute Gasteiger partial charge is 0.399 e. The minimum atomic E-state index is -2.31. The van der Waals surface area contributed by atoms with Crippen LogP contribution in [-0.4, -0.2) is 30.5 Å². The van der Waals surface area contributed by atoms with E-state index in [9.17, 15) is 17.6 Å². The second-order valence-electron chi connectivity index (χ2n) is 5.80. The van der Waals surface area contributed by atoms with Crippen LogP contribution in [0.15, 0.2) is 12.1 Å². The second kappa shape index (κ2) is 5.06. The number of rotatable bonds is 2. The van der Waals surface area contributed by atoms with Crippen LogP contribution in [0.3, 0.4) is 0 Å². The van der Waals surface area contributed by atoms with Crippen LogP contribution in [0.5, 0.6) is 0 Å². The number of piperidine rings is 1. The summed E-state index contributed by atoms with van der Waals surface area (Å²) in [6.07, 6.45) is -0.259. The molecule has 3 atom stereocenters. The molecule has 0 radical (unpaired) electrons. The SMILES string of the molecule is Nc1cc(F)c(F)c([C@]23COC[C@H]2C[C@@](F)(CF)C(=S)N3)c1. The van der Waals surface area contributed by atoms with Crippen LogP contribution in [0.1, 0.15) is 12.0 Å². The molecule has 0 amide bonds. The van der Waals surface area contributed by atoms with Gasteiger partial charge >= 0.3 is 0 Å². The average Bonchev–Trinajstić information content (AvgIpc) is 2.86. The normalized spacial score (nSPS) is 34.4. The maximum Gasteiger partial charge on any atom is 0.189 e. The van der Waals surface area contributed by atoms with Gasteiger partial charge in [0.25, 0.3) is 0 Å². The lowest BCUT2D eigenvalue weighted by atomic mass is 9.72. The number of thiocarbonyl (C=S) groups is 1. The molecule has 120 valence electrons. The van der Waals surface area contributed by atoms with Crippen molar-refractivity contribution < 1.29 is 22.3 Å². The summed E-state index contributed by atoms with van der Waals surface area (Å²) >= 11 is 4.92. The van der Waals surface area contributed by atoms with E-state index in [-0.39, 0.29) is 35.9 Å². The molecule has 3 nitrogen and oxygen atoms in total. The number of nitrogens with one attached hydrogen (secondary N) is 1. The Morgan fingerprint density at radius 2 is 2.14 bits per heavy atom. The van der Waals surface area contributed by atoms with Gasteiger partial charge in [-0.3, -0.25) is 0 Å². The third-order valence-electron chi connectivity index (χ3n) is 4.40. The minimum Gasteiger partial charge on any atom is -0.399 e. The molecule has 2 heterocycles. The molecule has 1 aromatic carbocycles. The molecular weight excluding hydrogens is 320 g/mol. The fourth-order valence-corrected chi connectivity index (χ4v) is 3.53. The van der Waals surface area contributed by atoms with E-state index in [0.717, 1.165) is 6.07 Å². The van der Waals surface area contributed by atoms with Gasteiger partial charge in [-0.25, -0.2) is 17.6 Å². The Morgan fingerprint density at radius 1 is 1.41 bits per heavy atom. The maximum atomic E-state index is 14.5. The number of ether oxygens (including phenoxy) is 1. The third kappa shape index (κ3) is 2.08. The zero-order valence-electron chi connectivity index (χ0n) is 11.5. The molecule has 3 N–H and O–H groups in total. The van der Waals surface area contributed by atoms with Gasteiger partial charge in [-0.15, -0.1) is 0 Å². The van der Waals surface area contributed by atoms with Crippen LogP contribution in [0.25, 0.3) is 0 Å². The number of alkyl halides is 2. The molecule has 0 bridgehead atoms. The number of hydrogen-bond acceptors (Lipinski definition) is 3. The summed E-state index contributed by atoms with van der Waals surface area (Å²) in [5.41, 5.74) is 2.00. The lowest BCUT2D eigenvalue weighted by molar-refractivity contribution is 0.105. The van der Waals surface area contributed by atoms with E-state index in [0.29, 0.717) is 0 Å². The van der Waals surface area contributed by atoms with Crippen molar-refractivity contribution >= 4 is 22.9 Å². The zero-order valence-corrected chi connectivity index (χ0v) is 12.3. The van der Waals surface area contributed by atoms with Crippen molar-refractivity contribution in [2.75, 3.05) is 25.6 Å². The number of hydrogen-bond donors (Lipinski definition) is 2. The van der Waals surface area contributed by atoms with Crippen molar-refractivity contribution in [1.29, 1.82) is 0 Å².